The summed E-state index contributed by atoms with van der Waals surface area (Å²) in [7, 11) is 0. The van der Waals surface area contributed by atoms with Crippen LogP contribution in [0.1, 0.15) is 15.9 Å². The summed E-state index contributed by atoms with van der Waals surface area (Å²) in [6, 6.07) is 5.35. The number of hydrogen-bond donors (Lipinski definition) is 2. The standard InChI is InChI=1S/C12H10FNO3/c13-10-2-1-9(12(15)16)5-11(10)14-6-8-3-4-17-7-8/h1-5,7,14H,6H2,(H,15,16). The molecule has 0 atom stereocenters. The SMILES string of the molecule is O=C(O)c1ccc(F)c(NCc2ccoc2)c1. The zero-order valence-electron chi connectivity index (χ0n) is 8.81. The van der Waals surface area contributed by atoms with E-state index in [0.29, 0.717) is 6.54 Å². The molecule has 1 aromatic heterocycles. The normalized spacial score (nSPS) is 10.2. The molecule has 1 heterocycles. The van der Waals surface area contributed by atoms with E-state index in [1.807, 2.05) is 0 Å². The Balaban J connectivity index is 2.14. The predicted molar refractivity (Wildman–Crippen MR) is 59.4 cm³/mol. The van der Waals surface area contributed by atoms with Crippen molar-refractivity contribution in [3.63, 3.8) is 0 Å². The molecule has 2 N–H and O–H groups in total. The van der Waals surface area contributed by atoms with Crippen molar-refractivity contribution in [3.8, 4) is 0 Å². The van der Waals surface area contributed by atoms with Crippen molar-refractivity contribution < 1.29 is 18.7 Å². The monoisotopic (exact) mass is 235 g/mol. The van der Waals surface area contributed by atoms with E-state index in [1.165, 1.54) is 24.7 Å². The van der Waals surface area contributed by atoms with E-state index in [4.69, 9.17) is 9.52 Å². The van der Waals surface area contributed by atoms with Gasteiger partial charge >= 0.3 is 5.97 Å². The summed E-state index contributed by atoms with van der Waals surface area (Å²) in [5, 5.41) is 11.6. The number of carboxylic acid groups (broad SMARTS) is 1. The number of nitrogens with one attached hydrogen (secondary N) is 1. The van der Waals surface area contributed by atoms with Crippen LogP contribution in [0.3, 0.4) is 0 Å². The van der Waals surface area contributed by atoms with Gasteiger partial charge in [-0.3, -0.25) is 0 Å². The van der Waals surface area contributed by atoms with E-state index < -0.39 is 11.8 Å². The van der Waals surface area contributed by atoms with Gasteiger partial charge in [0.2, 0.25) is 0 Å². The Hall–Kier alpha value is -2.30. The molecule has 0 aliphatic carbocycles. The fraction of sp³-hybridized carbons (Fsp3) is 0.0833. The molecule has 0 aliphatic rings. The summed E-state index contributed by atoms with van der Waals surface area (Å²) in [4.78, 5) is 10.7. The van der Waals surface area contributed by atoms with Crippen LogP contribution in [-0.4, -0.2) is 11.1 Å². The lowest BCUT2D eigenvalue weighted by Crippen LogP contribution is -2.03. The fourth-order valence-corrected chi connectivity index (χ4v) is 1.38. The van der Waals surface area contributed by atoms with Gasteiger partial charge in [-0.1, -0.05) is 0 Å². The largest absolute Gasteiger partial charge is 0.478 e. The molecule has 1 aromatic carbocycles. The topological polar surface area (TPSA) is 62.5 Å². The van der Waals surface area contributed by atoms with Crippen molar-refractivity contribution in [3.05, 3.63) is 53.7 Å². The van der Waals surface area contributed by atoms with E-state index in [9.17, 15) is 9.18 Å². The Labute approximate surface area is 96.7 Å². The summed E-state index contributed by atoms with van der Waals surface area (Å²) in [6.07, 6.45) is 3.05. The third kappa shape index (κ3) is 2.63. The van der Waals surface area contributed by atoms with Crippen LogP contribution in [0, 0.1) is 5.82 Å². The summed E-state index contributed by atoms with van der Waals surface area (Å²) < 4.78 is 18.3. The van der Waals surface area contributed by atoms with E-state index in [1.54, 1.807) is 6.07 Å². The molecule has 2 rings (SSSR count). The summed E-state index contributed by atoms with van der Waals surface area (Å²) >= 11 is 0. The average Bonchev–Trinajstić information content (AvgIpc) is 2.80. The van der Waals surface area contributed by atoms with Crippen molar-refractivity contribution in [1.82, 2.24) is 0 Å². The van der Waals surface area contributed by atoms with Gasteiger partial charge < -0.3 is 14.8 Å². The summed E-state index contributed by atoms with van der Waals surface area (Å²) in [6.45, 7) is 0.372. The minimum atomic E-state index is -1.09. The van der Waals surface area contributed by atoms with Crippen molar-refractivity contribution in [2.24, 2.45) is 0 Å². The van der Waals surface area contributed by atoms with E-state index >= 15 is 0 Å². The minimum absolute atomic E-state index is 0.0427. The highest BCUT2D eigenvalue weighted by Crippen LogP contribution is 2.17. The number of rotatable bonds is 4. The van der Waals surface area contributed by atoms with Crippen LogP contribution in [0.4, 0.5) is 10.1 Å². The number of furan rings is 1. The van der Waals surface area contributed by atoms with Crippen molar-refractivity contribution in [1.29, 1.82) is 0 Å². The van der Waals surface area contributed by atoms with Crippen LogP contribution in [0.15, 0.2) is 41.2 Å². The lowest BCUT2D eigenvalue weighted by atomic mass is 10.2. The van der Waals surface area contributed by atoms with Gasteiger partial charge in [-0.15, -0.1) is 0 Å². The first-order valence-corrected chi connectivity index (χ1v) is 4.94. The van der Waals surface area contributed by atoms with Gasteiger partial charge in [-0.25, -0.2) is 9.18 Å². The van der Waals surface area contributed by atoms with Gasteiger partial charge in [0.1, 0.15) is 5.82 Å². The van der Waals surface area contributed by atoms with Crippen LogP contribution in [-0.2, 0) is 6.54 Å². The molecule has 0 saturated heterocycles. The second-order valence-electron chi connectivity index (χ2n) is 3.48. The molecule has 0 fully saturated rings. The highest BCUT2D eigenvalue weighted by molar-refractivity contribution is 5.88. The first kappa shape index (κ1) is 11.2. The van der Waals surface area contributed by atoms with E-state index in [-0.39, 0.29) is 11.3 Å². The molecule has 5 heteroatoms. The quantitative estimate of drug-likeness (QED) is 0.855. The predicted octanol–water partition coefficient (Wildman–Crippen LogP) is 2.73. The lowest BCUT2D eigenvalue weighted by Gasteiger charge is -2.07. The van der Waals surface area contributed by atoms with E-state index in [2.05, 4.69) is 5.32 Å². The molecule has 0 bridgehead atoms. The maximum absolute atomic E-state index is 13.4. The van der Waals surface area contributed by atoms with Crippen molar-refractivity contribution in [2.45, 2.75) is 6.54 Å². The third-order valence-electron chi connectivity index (χ3n) is 2.28. The molecule has 17 heavy (non-hydrogen) atoms. The second-order valence-corrected chi connectivity index (χ2v) is 3.48. The molecular weight excluding hydrogens is 225 g/mol. The van der Waals surface area contributed by atoms with Crippen LogP contribution in [0.5, 0.6) is 0 Å². The van der Waals surface area contributed by atoms with Crippen LogP contribution < -0.4 is 5.32 Å². The highest BCUT2D eigenvalue weighted by atomic mass is 19.1. The number of hydrogen-bond acceptors (Lipinski definition) is 3. The Morgan fingerprint density at radius 2 is 2.24 bits per heavy atom. The van der Waals surface area contributed by atoms with Crippen LogP contribution >= 0.6 is 0 Å². The van der Waals surface area contributed by atoms with Gasteiger partial charge in [0.25, 0.3) is 0 Å². The molecule has 0 saturated carbocycles. The van der Waals surface area contributed by atoms with Crippen molar-refractivity contribution in [2.75, 3.05) is 5.32 Å². The maximum atomic E-state index is 13.4. The number of carbonyl (C=O) groups is 1. The summed E-state index contributed by atoms with van der Waals surface area (Å²) in [5.41, 5.74) is 1.05. The smallest absolute Gasteiger partial charge is 0.335 e. The molecule has 0 aliphatic heterocycles. The van der Waals surface area contributed by atoms with Crippen LogP contribution in [0.2, 0.25) is 0 Å². The van der Waals surface area contributed by atoms with Crippen LogP contribution in [0.25, 0.3) is 0 Å². The fourth-order valence-electron chi connectivity index (χ4n) is 1.38. The van der Waals surface area contributed by atoms with Gasteiger partial charge in [-0.05, 0) is 24.3 Å². The zero-order chi connectivity index (χ0) is 12.3. The summed E-state index contributed by atoms with van der Waals surface area (Å²) in [5.74, 6) is -1.57. The number of benzene rings is 1. The number of carboxylic acids is 1. The first-order valence-electron chi connectivity index (χ1n) is 4.94. The lowest BCUT2D eigenvalue weighted by molar-refractivity contribution is 0.0697. The van der Waals surface area contributed by atoms with Gasteiger partial charge in [0.15, 0.2) is 0 Å². The molecule has 0 unspecified atom stereocenters. The molecule has 0 spiro atoms. The molecule has 4 nitrogen and oxygen atoms in total. The van der Waals surface area contributed by atoms with Gasteiger partial charge in [0.05, 0.1) is 23.8 Å². The number of halogens is 1. The average molecular weight is 235 g/mol. The molecule has 0 amide bonds. The van der Waals surface area contributed by atoms with Gasteiger partial charge in [-0.2, -0.15) is 0 Å². The number of aromatic carboxylic acids is 1. The second kappa shape index (κ2) is 4.69. The third-order valence-corrected chi connectivity index (χ3v) is 2.28. The minimum Gasteiger partial charge on any atom is -0.478 e. The Morgan fingerprint density at radius 1 is 1.41 bits per heavy atom. The van der Waals surface area contributed by atoms with E-state index in [0.717, 1.165) is 11.6 Å². The highest BCUT2D eigenvalue weighted by Gasteiger charge is 2.08. The molecule has 0 radical (unpaired) electrons. The van der Waals surface area contributed by atoms with Crippen molar-refractivity contribution >= 4 is 11.7 Å². The van der Waals surface area contributed by atoms with Gasteiger partial charge in [0, 0.05) is 12.1 Å². The Kier molecular flexibility index (Phi) is 3.09. The molecule has 2 aromatic rings. The Morgan fingerprint density at radius 3 is 2.88 bits per heavy atom. The number of anilines is 1. The zero-order valence-corrected chi connectivity index (χ0v) is 8.81. The first-order chi connectivity index (χ1) is 8.16. The molecular formula is C12H10FNO3. The maximum Gasteiger partial charge on any atom is 0.335 e. The Bertz CT molecular complexity index is 523. The molecule has 88 valence electrons.